The largest absolute Gasteiger partial charge is 0.340 e. The maximum Gasteiger partial charge on any atom is 0.277 e. The summed E-state index contributed by atoms with van der Waals surface area (Å²) in [6.45, 7) is 2.73. The second-order valence-corrected chi connectivity index (χ2v) is 7.39. The number of nitrogens with zero attached hydrogens (tertiary/aromatic N) is 3. The van der Waals surface area contributed by atoms with Crippen molar-refractivity contribution < 1.29 is 10.0 Å². The van der Waals surface area contributed by atoms with Gasteiger partial charge in [-0.1, -0.05) is 28.1 Å². The minimum atomic E-state index is -0.604. The molecule has 1 saturated heterocycles. The minimum absolute atomic E-state index is 0.240. The van der Waals surface area contributed by atoms with Gasteiger partial charge in [-0.25, -0.2) is 15.4 Å². The van der Waals surface area contributed by atoms with Gasteiger partial charge in [0.05, 0.1) is 5.56 Å². The van der Waals surface area contributed by atoms with Crippen molar-refractivity contribution in [3.63, 3.8) is 0 Å². The van der Waals surface area contributed by atoms with Gasteiger partial charge in [-0.15, -0.1) is 0 Å². The summed E-state index contributed by atoms with van der Waals surface area (Å²) in [4.78, 5) is 21.9. The number of fused-ring (bicyclic) bond motifs is 1. The molecule has 2 fully saturated rings. The number of carbonyl (C=O) groups is 1. The predicted molar refractivity (Wildman–Crippen MR) is 95.2 cm³/mol. The third-order valence-corrected chi connectivity index (χ3v) is 5.46. The molecule has 2 atom stereocenters. The highest BCUT2D eigenvalue weighted by Crippen LogP contribution is 2.46. The fourth-order valence-electron chi connectivity index (χ4n) is 3.50. The van der Waals surface area contributed by atoms with Crippen LogP contribution in [-0.4, -0.2) is 40.2 Å². The molecule has 1 amide bonds. The molecule has 1 aromatic carbocycles. The van der Waals surface area contributed by atoms with Crippen LogP contribution in [0.4, 0.5) is 5.95 Å². The van der Waals surface area contributed by atoms with E-state index in [0.29, 0.717) is 23.8 Å². The van der Waals surface area contributed by atoms with E-state index in [2.05, 4.69) is 60.4 Å². The van der Waals surface area contributed by atoms with Gasteiger partial charge in [-0.3, -0.25) is 10.0 Å². The van der Waals surface area contributed by atoms with Gasteiger partial charge in [0.2, 0.25) is 5.95 Å². The lowest BCUT2D eigenvalue weighted by molar-refractivity contribution is 0.0705. The van der Waals surface area contributed by atoms with Crippen molar-refractivity contribution in [2.75, 3.05) is 18.0 Å². The Balaban J connectivity index is 1.29. The van der Waals surface area contributed by atoms with Crippen molar-refractivity contribution in [3.8, 4) is 0 Å². The lowest BCUT2D eigenvalue weighted by Gasteiger charge is -2.20. The number of nitrogens with one attached hydrogen (secondary N) is 2. The molecular formula is C17H18BrN5O2. The van der Waals surface area contributed by atoms with E-state index in [1.165, 1.54) is 18.0 Å². The summed E-state index contributed by atoms with van der Waals surface area (Å²) in [5, 5.41) is 12.2. The lowest BCUT2D eigenvalue weighted by Crippen LogP contribution is -2.32. The molecule has 1 aromatic heterocycles. The first-order chi connectivity index (χ1) is 12.2. The molecule has 130 valence electrons. The molecule has 2 unspecified atom stereocenters. The monoisotopic (exact) mass is 403 g/mol. The van der Waals surface area contributed by atoms with Crippen molar-refractivity contribution in [2.24, 2.45) is 11.8 Å². The van der Waals surface area contributed by atoms with Gasteiger partial charge in [0.25, 0.3) is 5.91 Å². The van der Waals surface area contributed by atoms with Crippen LogP contribution in [0, 0.1) is 11.8 Å². The molecule has 4 rings (SSSR count). The molecule has 3 N–H and O–H groups in total. The molecule has 2 aromatic rings. The van der Waals surface area contributed by atoms with Gasteiger partial charge >= 0.3 is 0 Å². The Bertz CT molecular complexity index is 756. The molecule has 7 nitrogen and oxygen atoms in total. The summed E-state index contributed by atoms with van der Waals surface area (Å²) in [6, 6.07) is 8.92. The van der Waals surface area contributed by atoms with Gasteiger partial charge in [0.15, 0.2) is 0 Å². The predicted octanol–water partition coefficient (Wildman–Crippen LogP) is 1.58. The Morgan fingerprint density at radius 1 is 1.20 bits per heavy atom. The highest BCUT2D eigenvalue weighted by Gasteiger charge is 2.55. The van der Waals surface area contributed by atoms with E-state index in [1.807, 2.05) is 0 Å². The first-order valence-electron chi connectivity index (χ1n) is 8.15. The van der Waals surface area contributed by atoms with Crippen molar-refractivity contribution >= 4 is 27.8 Å². The van der Waals surface area contributed by atoms with Crippen LogP contribution < -0.4 is 15.7 Å². The maximum absolute atomic E-state index is 11.3. The summed E-state index contributed by atoms with van der Waals surface area (Å²) in [7, 11) is 0. The van der Waals surface area contributed by atoms with E-state index >= 15 is 0 Å². The smallest absolute Gasteiger partial charge is 0.277 e. The average molecular weight is 404 g/mol. The number of hydrogen-bond acceptors (Lipinski definition) is 6. The van der Waals surface area contributed by atoms with Crippen molar-refractivity contribution in [1.29, 1.82) is 0 Å². The standard InChI is InChI=1S/C17H18BrN5O2/c18-12-3-1-10(2-4-12)5-19-15-13-8-23(9-14(13)15)17-20-6-11(7-21-17)16(24)22-25/h1-4,6-7,13-15,19,25H,5,8-9H2,(H,22,24). The molecule has 1 aliphatic carbocycles. The normalized spacial score (nSPS) is 24.1. The number of halogens is 1. The topological polar surface area (TPSA) is 90.4 Å². The number of benzene rings is 1. The zero-order chi connectivity index (χ0) is 17.4. The van der Waals surface area contributed by atoms with E-state index in [9.17, 15) is 4.79 Å². The molecule has 0 radical (unpaired) electrons. The molecule has 1 aliphatic heterocycles. The second-order valence-electron chi connectivity index (χ2n) is 6.48. The molecule has 0 bridgehead atoms. The van der Waals surface area contributed by atoms with Gasteiger partial charge in [0.1, 0.15) is 0 Å². The van der Waals surface area contributed by atoms with Gasteiger partial charge in [-0.05, 0) is 29.5 Å². The number of piperidine rings is 1. The third kappa shape index (κ3) is 3.37. The number of hydroxylamine groups is 1. The van der Waals surface area contributed by atoms with Crippen LogP contribution >= 0.6 is 15.9 Å². The fraction of sp³-hybridized carbons (Fsp3) is 0.353. The quantitative estimate of drug-likeness (QED) is 0.518. The van der Waals surface area contributed by atoms with Crippen LogP contribution in [0.5, 0.6) is 0 Å². The SMILES string of the molecule is O=C(NO)c1cnc(N2CC3C(C2)C3NCc2ccc(Br)cc2)nc1. The third-order valence-electron chi connectivity index (χ3n) is 4.93. The van der Waals surface area contributed by atoms with E-state index in [-0.39, 0.29) is 5.56 Å². The van der Waals surface area contributed by atoms with E-state index in [0.717, 1.165) is 24.1 Å². The van der Waals surface area contributed by atoms with Crippen LogP contribution in [0.15, 0.2) is 41.1 Å². The molecule has 0 spiro atoms. The Morgan fingerprint density at radius 3 is 2.44 bits per heavy atom. The van der Waals surface area contributed by atoms with Crippen LogP contribution in [0.25, 0.3) is 0 Å². The van der Waals surface area contributed by atoms with E-state index in [4.69, 9.17) is 5.21 Å². The summed E-state index contributed by atoms with van der Waals surface area (Å²) in [5.41, 5.74) is 3.10. The van der Waals surface area contributed by atoms with Crippen molar-refractivity contribution in [2.45, 2.75) is 12.6 Å². The fourth-order valence-corrected chi connectivity index (χ4v) is 3.76. The number of rotatable bonds is 5. The highest BCUT2D eigenvalue weighted by molar-refractivity contribution is 9.10. The Labute approximate surface area is 153 Å². The van der Waals surface area contributed by atoms with Crippen molar-refractivity contribution in [3.05, 3.63) is 52.3 Å². The van der Waals surface area contributed by atoms with Crippen molar-refractivity contribution in [1.82, 2.24) is 20.8 Å². The number of aromatic nitrogens is 2. The van der Waals surface area contributed by atoms with Crippen LogP contribution in [-0.2, 0) is 6.54 Å². The number of anilines is 1. The Morgan fingerprint density at radius 2 is 1.84 bits per heavy atom. The zero-order valence-electron chi connectivity index (χ0n) is 13.4. The highest BCUT2D eigenvalue weighted by atomic mass is 79.9. The maximum atomic E-state index is 11.3. The average Bonchev–Trinajstić information content (AvgIpc) is 3.10. The molecule has 2 aliphatic rings. The molecule has 1 saturated carbocycles. The van der Waals surface area contributed by atoms with Crippen LogP contribution in [0.1, 0.15) is 15.9 Å². The van der Waals surface area contributed by atoms with E-state index in [1.54, 1.807) is 5.48 Å². The lowest BCUT2D eigenvalue weighted by atomic mass is 10.2. The van der Waals surface area contributed by atoms with Gasteiger partial charge in [0, 0.05) is 42.5 Å². The molecule has 8 heteroatoms. The minimum Gasteiger partial charge on any atom is -0.340 e. The Hall–Kier alpha value is -2.03. The summed E-state index contributed by atoms with van der Waals surface area (Å²) >= 11 is 3.45. The van der Waals surface area contributed by atoms with Crippen LogP contribution in [0.2, 0.25) is 0 Å². The second kappa shape index (κ2) is 6.70. The summed E-state index contributed by atoms with van der Waals surface area (Å²) < 4.78 is 1.10. The number of hydrogen-bond donors (Lipinski definition) is 3. The summed E-state index contributed by atoms with van der Waals surface area (Å²) in [6.07, 6.45) is 2.86. The first-order valence-corrected chi connectivity index (χ1v) is 8.94. The van der Waals surface area contributed by atoms with E-state index < -0.39 is 5.91 Å². The van der Waals surface area contributed by atoms with Crippen LogP contribution in [0.3, 0.4) is 0 Å². The van der Waals surface area contributed by atoms with Gasteiger partial charge in [-0.2, -0.15) is 0 Å². The Kier molecular flexibility index (Phi) is 4.41. The first kappa shape index (κ1) is 16.4. The molecule has 25 heavy (non-hydrogen) atoms. The molecular weight excluding hydrogens is 386 g/mol. The zero-order valence-corrected chi connectivity index (χ0v) is 15.0. The molecule has 2 heterocycles. The van der Waals surface area contributed by atoms with Gasteiger partial charge < -0.3 is 10.2 Å². The number of carbonyl (C=O) groups excluding carboxylic acids is 1. The number of amides is 1. The summed E-state index contributed by atoms with van der Waals surface area (Å²) in [5.74, 6) is 1.28.